The van der Waals surface area contributed by atoms with E-state index < -0.39 is 5.60 Å². The van der Waals surface area contributed by atoms with Gasteiger partial charge in [-0.05, 0) is 70.3 Å². The van der Waals surface area contributed by atoms with Crippen LogP contribution in [0, 0.1) is 5.41 Å². The Bertz CT molecular complexity index is 799. The van der Waals surface area contributed by atoms with Gasteiger partial charge in [-0.15, -0.1) is 0 Å². The zero-order valence-electron chi connectivity index (χ0n) is 20.3. The third-order valence-electron chi connectivity index (χ3n) is 7.39. The molecule has 2 aliphatic heterocycles. The fourth-order valence-corrected chi connectivity index (χ4v) is 5.44. The van der Waals surface area contributed by atoms with Crippen molar-refractivity contribution in [2.75, 3.05) is 26.2 Å². The lowest BCUT2D eigenvalue weighted by Gasteiger charge is -2.56. The molecule has 1 spiro atoms. The SMILES string of the molecule is CC(C)(C)OC(=O)N1CCC2(CC1)CC(N1CCC(NC(=O)OCc3ccccc3)CC1)C2. The predicted octanol–water partition coefficient (Wildman–Crippen LogP) is 4.56. The number of piperidine rings is 2. The Morgan fingerprint density at radius 1 is 1.03 bits per heavy atom. The predicted molar refractivity (Wildman–Crippen MR) is 127 cm³/mol. The van der Waals surface area contributed by atoms with Crippen LogP contribution in [0.1, 0.15) is 64.9 Å². The quantitative estimate of drug-likeness (QED) is 0.718. The third kappa shape index (κ3) is 6.40. The average molecular weight is 458 g/mol. The van der Waals surface area contributed by atoms with E-state index in [0.717, 1.165) is 57.4 Å². The normalized spacial score (nSPS) is 22.0. The number of nitrogens with zero attached hydrogens (tertiary/aromatic N) is 2. The van der Waals surface area contributed by atoms with Gasteiger partial charge in [0.2, 0.25) is 0 Å². The number of benzene rings is 1. The molecular weight excluding hydrogens is 418 g/mol. The zero-order chi connectivity index (χ0) is 23.5. The van der Waals surface area contributed by atoms with Crippen molar-refractivity contribution in [3.63, 3.8) is 0 Å². The first kappa shape index (κ1) is 23.9. The van der Waals surface area contributed by atoms with Crippen LogP contribution >= 0.6 is 0 Å². The summed E-state index contributed by atoms with van der Waals surface area (Å²) in [6.45, 7) is 9.71. The van der Waals surface area contributed by atoms with Crippen LogP contribution in [-0.2, 0) is 16.1 Å². The van der Waals surface area contributed by atoms with Crippen molar-refractivity contribution in [3.05, 3.63) is 35.9 Å². The molecule has 1 N–H and O–H groups in total. The van der Waals surface area contributed by atoms with E-state index in [-0.39, 0.29) is 18.2 Å². The highest BCUT2D eigenvalue weighted by Gasteiger charge is 2.48. The fraction of sp³-hybridized carbons (Fsp3) is 0.692. The molecule has 0 unspecified atom stereocenters. The number of hydrogen-bond donors (Lipinski definition) is 1. The number of alkyl carbamates (subject to hydrolysis) is 1. The number of hydrogen-bond acceptors (Lipinski definition) is 5. The van der Waals surface area contributed by atoms with Gasteiger partial charge in [0, 0.05) is 38.3 Å². The highest BCUT2D eigenvalue weighted by Crippen LogP contribution is 2.51. The molecule has 7 nitrogen and oxygen atoms in total. The minimum absolute atomic E-state index is 0.176. The molecule has 2 heterocycles. The molecule has 1 aliphatic carbocycles. The average Bonchev–Trinajstić information content (AvgIpc) is 2.76. The number of carbonyl (C=O) groups excluding carboxylic acids is 2. The number of nitrogens with one attached hydrogen (secondary N) is 1. The van der Waals surface area contributed by atoms with Crippen LogP contribution in [0.4, 0.5) is 9.59 Å². The summed E-state index contributed by atoms with van der Waals surface area (Å²) < 4.78 is 10.9. The lowest BCUT2D eigenvalue weighted by atomic mass is 9.60. The Labute approximate surface area is 197 Å². The molecule has 0 bridgehead atoms. The second kappa shape index (κ2) is 9.92. The van der Waals surface area contributed by atoms with Crippen molar-refractivity contribution in [1.29, 1.82) is 0 Å². The molecule has 3 fully saturated rings. The zero-order valence-corrected chi connectivity index (χ0v) is 20.3. The van der Waals surface area contributed by atoms with Gasteiger partial charge >= 0.3 is 12.2 Å². The molecule has 0 radical (unpaired) electrons. The summed E-state index contributed by atoms with van der Waals surface area (Å²) in [5.74, 6) is 0. The Hall–Kier alpha value is -2.28. The standard InChI is InChI=1S/C26H39N3O4/c1-25(2,3)33-24(31)29-15-11-26(12-16-29)17-22(18-26)28-13-9-21(10-14-28)27-23(30)32-19-20-7-5-4-6-8-20/h4-8,21-22H,9-19H2,1-3H3,(H,27,30). The Morgan fingerprint density at radius 2 is 1.67 bits per heavy atom. The molecule has 1 saturated carbocycles. The Morgan fingerprint density at radius 3 is 2.27 bits per heavy atom. The molecule has 182 valence electrons. The van der Waals surface area contributed by atoms with Crippen LogP contribution < -0.4 is 5.32 Å². The van der Waals surface area contributed by atoms with E-state index in [9.17, 15) is 9.59 Å². The van der Waals surface area contributed by atoms with Gasteiger partial charge in [-0.25, -0.2) is 9.59 Å². The molecule has 0 atom stereocenters. The van der Waals surface area contributed by atoms with Crippen LogP contribution in [0.2, 0.25) is 0 Å². The number of carbonyl (C=O) groups is 2. The minimum atomic E-state index is -0.437. The van der Waals surface area contributed by atoms with Crippen LogP contribution in [0.25, 0.3) is 0 Å². The third-order valence-corrected chi connectivity index (χ3v) is 7.39. The molecule has 1 aromatic rings. The van der Waals surface area contributed by atoms with Crippen molar-refractivity contribution in [2.45, 2.75) is 83.6 Å². The Kier molecular flexibility index (Phi) is 7.17. The molecule has 7 heteroatoms. The first-order valence-corrected chi connectivity index (χ1v) is 12.4. The summed E-state index contributed by atoms with van der Waals surface area (Å²) in [5, 5.41) is 3.04. The number of rotatable bonds is 4. The molecule has 1 aromatic carbocycles. The topological polar surface area (TPSA) is 71.1 Å². The molecule has 2 saturated heterocycles. The molecule has 2 amide bonds. The summed E-state index contributed by atoms with van der Waals surface area (Å²) in [6.07, 6.45) is 6.05. The fourth-order valence-electron chi connectivity index (χ4n) is 5.44. The molecule has 3 aliphatic rings. The Balaban J connectivity index is 1.12. The molecular formula is C26H39N3O4. The van der Waals surface area contributed by atoms with Gasteiger partial charge in [0.25, 0.3) is 0 Å². The minimum Gasteiger partial charge on any atom is -0.445 e. The van der Waals surface area contributed by atoms with Crippen molar-refractivity contribution < 1.29 is 19.1 Å². The van der Waals surface area contributed by atoms with Gasteiger partial charge in [0.15, 0.2) is 0 Å². The maximum Gasteiger partial charge on any atom is 0.410 e. The summed E-state index contributed by atoms with van der Waals surface area (Å²) in [7, 11) is 0. The van der Waals surface area contributed by atoms with Crippen LogP contribution in [-0.4, -0.2) is 65.9 Å². The van der Waals surface area contributed by atoms with Crippen LogP contribution in [0.15, 0.2) is 30.3 Å². The second-order valence-corrected chi connectivity index (χ2v) is 11.0. The van der Waals surface area contributed by atoms with E-state index in [2.05, 4.69) is 10.2 Å². The van der Waals surface area contributed by atoms with Gasteiger partial charge in [-0.3, -0.25) is 0 Å². The van der Waals surface area contributed by atoms with Gasteiger partial charge in [-0.2, -0.15) is 0 Å². The highest BCUT2D eigenvalue weighted by atomic mass is 16.6. The van der Waals surface area contributed by atoms with E-state index in [1.54, 1.807) is 0 Å². The van der Waals surface area contributed by atoms with Gasteiger partial charge < -0.3 is 24.6 Å². The van der Waals surface area contributed by atoms with Crippen molar-refractivity contribution >= 4 is 12.2 Å². The van der Waals surface area contributed by atoms with Crippen molar-refractivity contribution in [1.82, 2.24) is 15.1 Å². The lowest BCUT2D eigenvalue weighted by Crippen LogP contribution is -2.58. The lowest BCUT2D eigenvalue weighted by molar-refractivity contribution is -0.0535. The van der Waals surface area contributed by atoms with Crippen molar-refractivity contribution in [3.8, 4) is 0 Å². The highest BCUT2D eigenvalue weighted by molar-refractivity contribution is 5.68. The summed E-state index contributed by atoms with van der Waals surface area (Å²) >= 11 is 0. The first-order chi connectivity index (χ1) is 15.7. The summed E-state index contributed by atoms with van der Waals surface area (Å²) in [6, 6.07) is 10.6. The summed E-state index contributed by atoms with van der Waals surface area (Å²) in [5.41, 5.74) is 0.964. The maximum atomic E-state index is 12.3. The van der Waals surface area contributed by atoms with E-state index in [1.165, 1.54) is 12.8 Å². The summed E-state index contributed by atoms with van der Waals surface area (Å²) in [4.78, 5) is 28.9. The first-order valence-electron chi connectivity index (χ1n) is 12.4. The maximum absolute atomic E-state index is 12.3. The van der Waals surface area contributed by atoms with Crippen molar-refractivity contribution in [2.24, 2.45) is 5.41 Å². The molecule has 0 aromatic heterocycles. The smallest absolute Gasteiger partial charge is 0.410 e. The largest absolute Gasteiger partial charge is 0.445 e. The van der Waals surface area contributed by atoms with Gasteiger partial charge in [0.05, 0.1) is 0 Å². The van der Waals surface area contributed by atoms with E-state index >= 15 is 0 Å². The van der Waals surface area contributed by atoms with Gasteiger partial charge in [-0.1, -0.05) is 30.3 Å². The van der Waals surface area contributed by atoms with E-state index in [4.69, 9.17) is 9.47 Å². The van der Waals surface area contributed by atoms with E-state index in [0.29, 0.717) is 18.1 Å². The number of amides is 2. The van der Waals surface area contributed by atoms with Crippen LogP contribution in [0.5, 0.6) is 0 Å². The van der Waals surface area contributed by atoms with Crippen LogP contribution in [0.3, 0.4) is 0 Å². The molecule has 4 rings (SSSR count). The number of likely N-dealkylation sites (tertiary alicyclic amines) is 2. The van der Waals surface area contributed by atoms with E-state index in [1.807, 2.05) is 56.0 Å². The number of ether oxygens (including phenoxy) is 2. The monoisotopic (exact) mass is 457 g/mol. The molecule has 33 heavy (non-hydrogen) atoms. The second-order valence-electron chi connectivity index (χ2n) is 11.0. The van der Waals surface area contributed by atoms with Gasteiger partial charge in [0.1, 0.15) is 12.2 Å².